The minimum absolute atomic E-state index is 0.116. The summed E-state index contributed by atoms with van der Waals surface area (Å²) < 4.78 is 8.73. The first-order chi connectivity index (χ1) is 17.4. The number of rotatable bonds is 3. The van der Waals surface area contributed by atoms with E-state index in [2.05, 4.69) is 0 Å². The number of nitrogens with zero attached hydrogens (tertiary/aromatic N) is 5. The number of carbonyl (C=O) groups is 2. The Morgan fingerprint density at radius 2 is 1.76 bits per heavy atom. The standard InChI is InChI=1S/C27H30ClN5O4/c1-15-11-19(12-30(6)24(15)34)32-22(17-7-9-18(28)10-8-17)21-16(2)29-33(23(21)25(32)35)20-13-31(14-20)26(36)37-27(3,4)5/h7-12,20,22H,13-14H2,1-6H3. The van der Waals surface area contributed by atoms with E-state index in [1.165, 1.54) is 4.57 Å². The summed E-state index contributed by atoms with van der Waals surface area (Å²) in [6, 6.07) is 8.57. The summed E-state index contributed by atoms with van der Waals surface area (Å²) in [4.78, 5) is 42.3. The quantitative estimate of drug-likeness (QED) is 0.508. The van der Waals surface area contributed by atoms with Crippen molar-refractivity contribution in [2.24, 2.45) is 7.05 Å². The Morgan fingerprint density at radius 1 is 1.11 bits per heavy atom. The van der Waals surface area contributed by atoms with Gasteiger partial charge in [-0.25, -0.2) is 4.79 Å². The van der Waals surface area contributed by atoms with Crippen LogP contribution >= 0.6 is 11.6 Å². The van der Waals surface area contributed by atoms with Crippen molar-refractivity contribution in [3.05, 3.63) is 80.0 Å². The van der Waals surface area contributed by atoms with Crippen LogP contribution in [0.25, 0.3) is 0 Å². The number of hydrogen-bond donors (Lipinski definition) is 0. The molecule has 4 heterocycles. The average Bonchev–Trinajstić information content (AvgIpc) is 3.25. The molecule has 194 valence electrons. The summed E-state index contributed by atoms with van der Waals surface area (Å²) in [5, 5.41) is 5.35. The Labute approximate surface area is 220 Å². The molecule has 1 aromatic carbocycles. The van der Waals surface area contributed by atoms with E-state index in [9.17, 15) is 14.4 Å². The van der Waals surface area contributed by atoms with E-state index in [-0.39, 0.29) is 23.6 Å². The number of aryl methyl sites for hydroxylation is 3. The largest absolute Gasteiger partial charge is 0.444 e. The van der Waals surface area contributed by atoms with Gasteiger partial charge in [-0.1, -0.05) is 23.7 Å². The van der Waals surface area contributed by atoms with Crippen LogP contribution in [0.2, 0.25) is 5.02 Å². The maximum atomic E-state index is 14.1. The molecule has 0 N–H and O–H groups in total. The van der Waals surface area contributed by atoms with Gasteiger partial charge < -0.3 is 14.2 Å². The molecule has 1 unspecified atom stereocenters. The number of hydrogen-bond acceptors (Lipinski definition) is 5. The maximum Gasteiger partial charge on any atom is 0.410 e. The SMILES string of the molecule is Cc1nn(C2CN(C(=O)OC(C)(C)C)C2)c2c1C(c1ccc(Cl)cc1)N(c1cc(C)c(=O)n(C)c1)C2=O. The smallest absolute Gasteiger partial charge is 0.410 e. The number of likely N-dealkylation sites (tertiary alicyclic amines) is 1. The monoisotopic (exact) mass is 523 g/mol. The van der Waals surface area contributed by atoms with Crippen LogP contribution in [0.5, 0.6) is 0 Å². The summed E-state index contributed by atoms with van der Waals surface area (Å²) in [5.41, 5.74) is 3.40. The lowest BCUT2D eigenvalue weighted by Gasteiger charge is -2.40. The van der Waals surface area contributed by atoms with Crippen LogP contribution < -0.4 is 10.5 Å². The average molecular weight is 524 g/mol. The molecule has 3 aromatic rings. The second kappa shape index (κ2) is 8.76. The second-order valence-corrected chi connectivity index (χ2v) is 11.2. The Morgan fingerprint density at radius 3 is 2.35 bits per heavy atom. The first-order valence-electron chi connectivity index (χ1n) is 12.2. The van der Waals surface area contributed by atoms with Gasteiger partial charge in [-0.2, -0.15) is 5.10 Å². The summed E-state index contributed by atoms with van der Waals surface area (Å²) >= 11 is 6.16. The molecule has 9 nitrogen and oxygen atoms in total. The summed E-state index contributed by atoms with van der Waals surface area (Å²) in [5.74, 6) is -0.204. The Bertz CT molecular complexity index is 1440. The van der Waals surface area contributed by atoms with E-state index in [4.69, 9.17) is 21.4 Å². The summed E-state index contributed by atoms with van der Waals surface area (Å²) in [7, 11) is 1.68. The van der Waals surface area contributed by atoms with Gasteiger partial charge in [0.15, 0.2) is 0 Å². The van der Waals surface area contributed by atoms with Gasteiger partial charge in [0.2, 0.25) is 0 Å². The number of halogens is 1. The highest BCUT2D eigenvalue weighted by molar-refractivity contribution is 6.30. The number of aromatic nitrogens is 3. The Kier molecular flexibility index (Phi) is 5.94. The van der Waals surface area contributed by atoms with Crippen LogP contribution in [-0.2, 0) is 11.8 Å². The van der Waals surface area contributed by atoms with Crippen molar-refractivity contribution in [1.82, 2.24) is 19.2 Å². The molecule has 10 heteroatoms. The van der Waals surface area contributed by atoms with Crippen LogP contribution in [0.15, 0.2) is 41.3 Å². The van der Waals surface area contributed by atoms with Crippen molar-refractivity contribution in [3.63, 3.8) is 0 Å². The van der Waals surface area contributed by atoms with Crippen LogP contribution in [0.4, 0.5) is 10.5 Å². The molecule has 0 spiro atoms. The van der Waals surface area contributed by atoms with E-state index in [1.807, 2.05) is 39.8 Å². The third-order valence-corrected chi connectivity index (χ3v) is 7.01. The maximum absolute atomic E-state index is 14.1. The Balaban J connectivity index is 1.56. The van der Waals surface area contributed by atoms with Gasteiger partial charge in [-0.05, 0) is 58.4 Å². The van der Waals surface area contributed by atoms with Gasteiger partial charge in [-0.3, -0.25) is 19.2 Å². The number of ether oxygens (including phenoxy) is 1. The van der Waals surface area contributed by atoms with Crippen molar-refractivity contribution in [2.45, 2.75) is 52.3 Å². The number of anilines is 1. The van der Waals surface area contributed by atoms with Crippen molar-refractivity contribution in [2.75, 3.05) is 18.0 Å². The predicted octanol–water partition coefficient (Wildman–Crippen LogP) is 4.39. The van der Waals surface area contributed by atoms with E-state index in [0.717, 1.165) is 16.8 Å². The highest BCUT2D eigenvalue weighted by Gasteiger charge is 2.47. The molecule has 1 fully saturated rings. The zero-order valence-electron chi connectivity index (χ0n) is 21.8. The van der Waals surface area contributed by atoms with E-state index < -0.39 is 11.6 Å². The second-order valence-electron chi connectivity index (χ2n) is 10.8. The van der Waals surface area contributed by atoms with Gasteiger partial charge in [-0.15, -0.1) is 0 Å². The number of benzene rings is 1. The van der Waals surface area contributed by atoms with Crippen molar-refractivity contribution < 1.29 is 14.3 Å². The summed E-state index contributed by atoms with van der Waals surface area (Å²) in [6.45, 7) is 9.93. The fraction of sp³-hybridized carbons (Fsp3) is 0.407. The van der Waals surface area contributed by atoms with E-state index >= 15 is 0 Å². The first kappa shape index (κ1) is 25.1. The molecule has 0 bridgehead atoms. The number of carbonyl (C=O) groups excluding carboxylic acids is 2. The van der Waals surface area contributed by atoms with Crippen molar-refractivity contribution in [1.29, 1.82) is 0 Å². The van der Waals surface area contributed by atoms with Gasteiger partial charge >= 0.3 is 6.09 Å². The third kappa shape index (κ3) is 4.31. The topological polar surface area (TPSA) is 89.7 Å². The lowest BCUT2D eigenvalue weighted by molar-refractivity contribution is -0.000615. The minimum atomic E-state index is -0.581. The van der Waals surface area contributed by atoms with E-state index in [0.29, 0.717) is 35.1 Å². The highest BCUT2D eigenvalue weighted by atomic mass is 35.5. The van der Waals surface area contributed by atoms with Crippen LogP contribution in [-0.4, -0.2) is 49.9 Å². The zero-order valence-corrected chi connectivity index (χ0v) is 22.5. The molecule has 2 aliphatic rings. The lowest BCUT2D eigenvalue weighted by Crippen LogP contribution is -2.53. The molecular weight excluding hydrogens is 494 g/mol. The summed E-state index contributed by atoms with van der Waals surface area (Å²) in [6.07, 6.45) is 1.31. The van der Waals surface area contributed by atoms with Gasteiger partial charge in [0.05, 0.1) is 23.5 Å². The molecule has 2 aromatic heterocycles. The fourth-order valence-electron chi connectivity index (χ4n) is 5.03. The van der Waals surface area contributed by atoms with Gasteiger partial charge in [0, 0.05) is 42.5 Å². The van der Waals surface area contributed by atoms with E-state index in [1.54, 1.807) is 52.8 Å². The molecule has 2 amide bonds. The Hall–Kier alpha value is -3.59. The molecule has 5 rings (SSSR count). The number of amides is 2. The fourth-order valence-corrected chi connectivity index (χ4v) is 5.15. The van der Waals surface area contributed by atoms with Crippen LogP contribution in [0.3, 0.4) is 0 Å². The zero-order chi connectivity index (χ0) is 26.8. The van der Waals surface area contributed by atoms with Crippen LogP contribution in [0.1, 0.15) is 65.7 Å². The normalized spacial score (nSPS) is 17.7. The molecule has 1 saturated heterocycles. The predicted molar refractivity (Wildman–Crippen MR) is 140 cm³/mol. The number of fused-ring (bicyclic) bond motifs is 1. The third-order valence-electron chi connectivity index (χ3n) is 6.76. The molecule has 0 aliphatic carbocycles. The van der Waals surface area contributed by atoms with Crippen molar-refractivity contribution in [3.8, 4) is 0 Å². The molecule has 1 atom stereocenters. The molecule has 2 aliphatic heterocycles. The lowest BCUT2D eigenvalue weighted by atomic mass is 9.98. The molecule has 37 heavy (non-hydrogen) atoms. The number of pyridine rings is 1. The molecule has 0 radical (unpaired) electrons. The van der Waals surface area contributed by atoms with Gasteiger partial charge in [0.1, 0.15) is 11.3 Å². The highest BCUT2D eigenvalue weighted by Crippen LogP contribution is 2.44. The molecular formula is C27H30ClN5O4. The van der Waals surface area contributed by atoms with Gasteiger partial charge in [0.25, 0.3) is 11.5 Å². The minimum Gasteiger partial charge on any atom is -0.444 e. The van der Waals surface area contributed by atoms with Crippen molar-refractivity contribution >= 4 is 29.3 Å². The first-order valence-corrected chi connectivity index (χ1v) is 12.6. The van der Waals surface area contributed by atoms with Crippen LogP contribution in [0, 0.1) is 13.8 Å². The molecule has 0 saturated carbocycles.